The summed E-state index contributed by atoms with van der Waals surface area (Å²) in [7, 11) is 3.26. The minimum absolute atomic E-state index is 0.162. The molecule has 1 unspecified atom stereocenters. The highest BCUT2D eigenvalue weighted by Crippen LogP contribution is 2.39. The summed E-state index contributed by atoms with van der Waals surface area (Å²) in [5.41, 5.74) is 6.17. The van der Waals surface area contributed by atoms with Gasteiger partial charge in [-0.15, -0.1) is 11.3 Å². The zero-order chi connectivity index (χ0) is 26.4. The standard InChI is InChI=1S/C27H26N4O5S2/c1-27(2,32)16-7-5-15(6-8-16)24-28-17(14-37-24)13-35-21-9-18(33-3)10-22-19(21)11-23(36-22)20-12-31-25(29-20)38-26(30-31)34-4/h5-12,14,26,30,32H,13H2,1-4H3. The van der Waals surface area contributed by atoms with E-state index in [1.165, 1.54) is 11.8 Å². The largest absolute Gasteiger partial charge is 0.496 e. The number of ether oxygens (including phenoxy) is 3. The molecule has 2 N–H and O–H groups in total. The first-order chi connectivity index (χ1) is 18.3. The topological polar surface area (TPSA) is 104 Å². The van der Waals surface area contributed by atoms with E-state index in [-0.39, 0.29) is 5.56 Å². The number of thioether (sulfide) groups is 1. The molecule has 4 heterocycles. The van der Waals surface area contributed by atoms with Crippen molar-refractivity contribution in [3.8, 4) is 33.5 Å². The summed E-state index contributed by atoms with van der Waals surface area (Å²) in [5.74, 6) is 1.89. The summed E-state index contributed by atoms with van der Waals surface area (Å²) >= 11 is 3.04. The molecule has 1 aliphatic heterocycles. The number of nitrogens with one attached hydrogen (secondary N) is 1. The number of furan rings is 1. The van der Waals surface area contributed by atoms with E-state index >= 15 is 0 Å². The van der Waals surface area contributed by atoms with Crippen LogP contribution >= 0.6 is 23.1 Å². The van der Waals surface area contributed by atoms with Crippen molar-refractivity contribution in [3.05, 3.63) is 65.3 Å². The Morgan fingerprint density at radius 2 is 1.95 bits per heavy atom. The van der Waals surface area contributed by atoms with E-state index < -0.39 is 5.60 Å². The van der Waals surface area contributed by atoms with Gasteiger partial charge in [0.15, 0.2) is 16.5 Å². The number of aromatic nitrogens is 3. The Labute approximate surface area is 227 Å². The summed E-state index contributed by atoms with van der Waals surface area (Å²) in [4.78, 5) is 9.41. The van der Waals surface area contributed by atoms with Gasteiger partial charge in [-0.2, -0.15) is 0 Å². The van der Waals surface area contributed by atoms with Crippen LogP contribution < -0.4 is 14.9 Å². The Kier molecular flexibility index (Phi) is 6.31. The molecule has 6 rings (SSSR count). The SMILES string of the molecule is COc1cc(OCc2csc(-c3ccc(C(C)(C)O)cc3)n2)c2cc(-c3cn4c(n3)SC(OC)N4)oc2c1. The van der Waals surface area contributed by atoms with Crippen molar-refractivity contribution in [1.82, 2.24) is 14.6 Å². The van der Waals surface area contributed by atoms with Gasteiger partial charge in [-0.1, -0.05) is 24.3 Å². The summed E-state index contributed by atoms with van der Waals surface area (Å²) in [6.07, 6.45) is 1.88. The quantitative estimate of drug-likeness (QED) is 0.248. The van der Waals surface area contributed by atoms with Crippen molar-refractivity contribution in [2.75, 3.05) is 19.6 Å². The van der Waals surface area contributed by atoms with Crippen molar-refractivity contribution < 1.29 is 23.7 Å². The fraction of sp³-hybridized carbons (Fsp3) is 0.259. The van der Waals surface area contributed by atoms with Gasteiger partial charge < -0.3 is 23.7 Å². The van der Waals surface area contributed by atoms with Gasteiger partial charge in [0.05, 0.1) is 30.0 Å². The van der Waals surface area contributed by atoms with Crippen LogP contribution in [0.15, 0.2) is 63.6 Å². The van der Waals surface area contributed by atoms with Gasteiger partial charge in [0.2, 0.25) is 0 Å². The zero-order valence-electron chi connectivity index (χ0n) is 21.2. The number of hydrogen-bond donors (Lipinski definition) is 2. The van der Waals surface area contributed by atoms with Gasteiger partial charge in [-0.3, -0.25) is 5.43 Å². The van der Waals surface area contributed by atoms with Gasteiger partial charge in [-0.05, 0) is 37.2 Å². The van der Waals surface area contributed by atoms with Crippen molar-refractivity contribution in [1.29, 1.82) is 0 Å². The maximum absolute atomic E-state index is 10.2. The van der Waals surface area contributed by atoms with Crippen LogP contribution in [0.1, 0.15) is 25.1 Å². The number of nitrogens with zero attached hydrogens (tertiary/aromatic N) is 3. The third-order valence-corrected chi connectivity index (χ3v) is 8.12. The lowest BCUT2D eigenvalue weighted by Crippen LogP contribution is -2.19. The molecule has 9 nitrogen and oxygen atoms in total. The van der Waals surface area contributed by atoms with E-state index in [4.69, 9.17) is 23.6 Å². The van der Waals surface area contributed by atoms with E-state index in [0.717, 1.165) is 32.4 Å². The van der Waals surface area contributed by atoms with E-state index in [9.17, 15) is 5.11 Å². The second-order valence-corrected chi connectivity index (χ2v) is 11.2. The molecule has 2 aromatic carbocycles. The van der Waals surface area contributed by atoms with E-state index in [1.807, 2.05) is 58.7 Å². The maximum Gasteiger partial charge on any atom is 0.196 e. The van der Waals surface area contributed by atoms with Crippen LogP contribution in [0.25, 0.3) is 33.0 Å². The Morgan fingerprint density at radius 3 is 2.66 bits per heavy atom. The summed E-state index contributed by atoms with van der Waals surface area (Å²) in [5, 5.41) is 14.7. The number of benzene rings is 2. The van der Waals surface area contributed by atoms with E-state index in [1.54, 1.807) is 39.4 Å². The molecule has 196 valence electrons. The number of aliphatic hydroxyl groups is 1. The summed E-state index contributed by atoms with van der Waals surface area (Å²) in [6.45, 7) is 3.83. The lowest BCUT2D eigenvalue weighted by atomic mass is 9.97. The molecule has 3 aromatic heterocycles. The molecule has 11 heteroatoms. The minimum atomic E-state index is -0.879. The monoisotopic (exact) mass is 550 g/mol. The molecule has 5 aromatic rings. The third-order valence-electron chi connectivity index (χ3n) is 6.17. The lowest BCUT2D eigenvalue weighted by Gasteiger charge is -2.17. The smallest absolute Gasteiger partial charge is 0.196 e. The highest BCUT2D eigenvalue weighted by molar-refractivity contribution is 7.99. The molecule has 0 fully saturated rings. The first-order valence-corrected chi connectivity index (χ1v) is 13.6. The van der Waals surface area contributed by atoms with Crippen LogP contribution in [0, 0.1) is 0 Å². The van der Waals surface area contributed by atoms with Crippen molar-refractivity contribution in [3.63, 3.8) is 0 Å². The number of rotatable bonds is 8. The highest BCUT2D eigenvalue weighted by Gasteiger charge is 2.25. The number of hydrogen-bond acceptors (Lipinski definition) is 10. The third kappa shape index (κ3) is 4.73. The number of methoxy groups -OCH3 is 2. The van der Waals surface area contributed by atoms with Gasteiger partial charge in [0.25, 0.3) is 0 Å². The van der Waals surface area contributed by atoms with Gasteiger partial charge in [0, 0.05) is 30.2 Å². The number of imidazole rings is 1. The summed E-state index contributed by atoms with van der Waals surface area (Å²) < 4.78 is 25.0. The van der Waals surface area contributed by atoms with Gasteiger partial charge >= 0.3 is 0 Å². The van der Waals surface area contributed by atoms with Crippen molar-refractivity contribution >= 4 is 34.1 Å². The predicted octanol–water partition coefficient (Wildman–Crippen LogP) is 5.81. The Bertz CT molecular complexity index is 1580. The fourth-order valence-electron chi connectivity index (χ4n) is 4.12. The van der Waals surface area contributed by atoms with Crippen LogP contribution in [0.3, 0.4) is 0 Å². The molecule has 1 atom stereocenters. The lowest BCUT2D eigenvalue weighted by molar-refractivity contribution is 0.0786. The van der Waals surface area contributed by atoms with Crippen LogP contribution in [-0.4, -0.2) is 39.5 Å². The second-order valence-electron chi connectivity index (χ2n) is 9.31. The second kappa shape index (κ2) is 9.66. The molecule has 0 saturated heterocycles. The highest BCUT2D eigenvalue weighted by atomic mass is 32.2. The zero-order valence-corrected chi connectivity index (χ0v) is 22.9. The van der Waals surface area contributed by atoms with Crippen molar-refractivity contribution in [2.45, 2.75) is 36.8 Å². The van der Waals surface area contributed by atoms with Crippen molar-refractivity contribution in [2.24, 2.45) is 0 Å². The Balaban J connectivity index is 1.22. The van der Waals surface area contributed by atoms with Crippen LogP contribution in [0.4, 0.5) is 0 Å². The van der Waals surface area contributed by atoms with Crippen LogP contribution in [0.5, 0.6) is 11.5 Å². The molecular formula is C27H26N4O5S2. The molecule has 38 heavy (non-hydrogen) atoms. The molecule has 0 saturated carbocycles. The van der Waals surface area contributed by atoms with Crippen LogP contribution in [-0.2, 0) is 16.9 Å². The first kappa shape index (κ1) is 24.8. The van der Waals surface area contributed by atoms with E-state index in [0.29, 0.717) is 35.1 Å². The van der Waals surface area contributed by atoms with Gasteiger partial charge in [0.1, 0.15) is 34.4 Å². The molecule has 0 spiro atoms. The minimum Gasteiger partial charge on any atom is -0.496 e. The number of fused-ring (bicyclic) bond motifs is 2. The Morgan fingerprint density at radius 1 is 1.13 bits per heavy atom. The average molecular weight is 551 g/mol. The Hall–Kier alpha value is -3.51. The molecule has 0 amide bonds. The van der Waals surface area contributed by atoms with Crippen LogP contribution in [0.2, 0.25) is 0 Å². The number of thiazole rings is 1. The fourth-order valence-corrected chi connectivity index (χ4v) is 5.75. The summed E-state index contributed by atoms with van der Waals surface area (Å²) in [6, 6.07) is 13.4. The molecule has 1 aliphatic rings. The predicted molar refractivity (Wildman–Crippen MR) is 147 cm³/mol. The molecule has 0 bridgehead atoms. The molecule has 0 aliphatic carbocycles. The average Bonchev–Trinajstić information content (AvgIpc) is 3.69. The first-order valence-electron chi connectivity index (χ1n) is 11.9. The normalized spacial score (nSPS) is 15.0. The maximum atomic E-state index is 10.2. The van der Waals surface area contributed by atoms with Gasteiger partial charge in [-0.25, -0.2) is 14.6 Å². The molecule has 0 radical (unpaired) electrons. The molecular weight excluding hydrogens is 524 g/mol. The van der Waals surface area contributed by atoms with E-state index in [2.05, 4.69) is 10.4 Å².